The van der Waals surface area contributed by atoms with E-state index in [1.54, 1.807) is 11.3 Å². The normalized spacial score (nSPS) is 16.8. The summed E-state index contributed by atoms with van der Waals surface area (Å²) in [7, 11) is 0. The van der Waals surface area contributed by atoms with E-state index >= 15 is 0 Å². The minimum Gasteiger partial charge on any atom is -0.337 e. The molecule has 1 atom stereocenters. The van der Waals surface area contributed by atoms with Crippen molar-refractivity contribution in [2.45, 2.75) is 46.0 Å². The predicted octanol–water partition coefficient (Wildman–Crippen LogP) is 4.33. The summed E-state index contributed by atoms with van der Waals surface area (Å²) in [5.41, 5.74) is 1.83. The molecule has 1 amide bonds. The van der Waals surface area contributed by atoms with Gasteiger partial charge < -0.3 is 10.2 Å². The maximum absolute atomic E-state index is 13.0. The zero-order valence-corrected chi connectivity index (χ0v) is 18.4. The molecule has 3 aromatic rings. The number of aryl methyl sites for hydroxylation is 3. The maximum Gasteiger partial charge on any atom is 0.265 e. The van der Waals surface area contributed by atoms with Gasteiger partial charge >= 0.3 is 0 Å². The molecule has 0 saturated carbocycles. The van der Waals surface area contributed by atoms with Crippen LogP contribution in [0.15, 0.2) is 18.2 Å². The molecule has 0 unspecified atom stereocenters. The van der Waals surface area contributed by atoms with E-state index in [4.69, 9.17) is 4.98 Å². The Labute approximate surface area is 178 Å². The van der Waals surface area contributed by atoms with Crippen LogP contribution in [0.2, 0.25) is 0 Å². The first kappa shape index (κ1) is 19.9. The Hall–Kier alpha value is -2.39. The molecule has 1 fully saturated rings. The van der Waals surface area contributed by atoms with Gasteiger partial charge in [-0.05, 0) is 45.2 Å². The van der Waals surface area contributed by atoms with Crippen LogP contribution in [0.4, 0.5) is 10.9 Å². The quantitative estimate of drug-likeness (QED) is 0.651. The van der Waals surface area contributed by atoms with Crippen molar-refractivity contribution in [1.82, 2.24) is 25.1 Å². The molecule has 0 aromatic carbocycles. The van der Waals surface area contributed by atoms with E-state index in [1.165, 1.54) is 11.3 Å². The Morgan fingerprint density at radius 2 is 2.10 bits per heavy atom. The zero-order chi connectivity index (χ0) is 20.4. The van der Waals surface area contributed by atoms with Crippen molar-refractivity contribution >= 4 is 39.5 Å². The number of hydrogen-bond donors (Lipinski definition) is 1. The van der Waals surface area contributed by atoms with Crippen molar-refractivity contribution in [3.63, 3.8) is 0 Å². The molecule has 1 aliphatic rings. The monoisotopic (exact) mass is 428 g/mol. The van der Waals surface area contributed by atoms with E-state index in [0.717, 1.165) is 63.0 Å². The number of aromatic nitrogens is 4. The summed E-state index contributed by atoms with van der Waals surface area (Å²) in [4.78, 5) is 24.9. The molecule has 7 nitrogen and oxygen atoms in total. The number of thiazole rings is 1. The van der Waals surface area contributed by atoms with Gasteiger partial charge in [0, 0.05) is 24.7 Å². The number of carbonyl (C=O) groups is 1. The molecule has 1 N–H and O–H groups in total. The molecule has 0 radical (unpaired) electrons. The van der Waals surface area contributed by atoms with Gasteiger partial charge in [0.05, 0.1) is 10.7 Å². The third kappa shape index (κ3) is 4.45. The van der Waals surface area contributed by atoms with Crippen molar-refractivity contribution in [2.24, 2.45) is 0 Å². The number of likely N-dealkylation sites (tertiary alicyclic amines) is 1. The van der Waals surface area contributed by atoms with Gasteiger partial charge in [-0.25, -0.2) is 9.97 Å². The van der Waals surface area contributed by atoms with Crippen molar-refractivity contribution < 1.29 is 4.79 Å². The largest absolute Gasteiger partial charge is 0.337 e. The Bertz CT molecular complexity index is 1010. The summed E-state index contributed by atoms with van der Waals surface area (Å²) in [5, 5.41) is 14.2. The summed E-state index contributed by atoms with van der Waals surface area (Å²) in [6, 6.07) is 5.99. The van der Waals surface area contributed by atoms with E-state index in [9.17, 15) is 4.79 Å². The summed E-state index contributed by atoms with van der Waals surface area (Å²) in [5.74, 6) is 1.08. The second-order valence-corrected chi connectivity index (χ2v) is 9.43. The summed E-state index contributed by atoms with van der Waals surface area (Å²) < 4.78 is 0. The van der Waals surface area contributed by atoms with Gasteiger partial charge in [-0.3, -0.25) is 4.79 Å². The third-order valence-corrected chi connectivity index (χ3v) is 7.04. The number of piperidine rings is 1. The number of hydrogen-bond acceptors (Lipinski definition) is 8. The van der Waals surface area contributed by atoms with Gasteiger partial charge in [-0.15, -0.1) is 21.5 Å². The summed E-state index contributed by atoms with van der Waals surface area (Å²) in [6.07, 6.45) is 2.88. The van der Waals surface area contributed by atoms with E-state index in [0.29, 0.717) is 6.54 Å². The number of carbonyl (C=O) groups excluding carboxylic acids is 1. The van der Waals surface area contributed by atoms with Crippen molar-refractivity contribution in [2.75, 3.05) is 18.4 Å². The first-order chi connectivity index (χ1) is 14.0. The molecule has 29 heavy (non-hydrogen) atoms. The molecule has 4 heterocycles. The second-order valence-electron chi connectivity index (χ2n) is 7.16. The highest BCUT2D eigenvalue weighted by Gasteiger charge is 2.28. The van der Waals surface area contributed by atoms with Crippen LogP contribution in [0.5, 0.6) is 0 Å². The molecule has 0 bridgehead atoms. The first-order valence-electron chi connectivity index (χ1n) is 9.83. The maximum atomic E-state index is 13.0. The predicted molar refractivity (Wildman–Crippen MR) is 116 cm³/mol. The molecule has 3 aromatic heterocycles. The van der Waals surface area contributed by atoms with E-state index in [-0.39, 0.29) is 11.8 Å². The van der Waals surface area contributed by atoms with Gasteiger partial charge in [0.25, 0.3) is 5.91 Å². The lowest BCUT2D eigenvalue weighted by atomic mass is 9.94. The number of nitrogens with one attached hydrogen (secondary N) is 1. The average molecular weight is 429 g/mol. The fourth-order valence-corrected chi connectivity index (χ4v) is 5.16. The van der Waals surface area contributed by atoms with Crippen molar-refractivity contribution in [3.8, 4) is 0 Å². The Balaban J connectivity index is 1.48. The zero-order valence-electron chi connectivity index (χ0n) is 16.8. The Morgan fingerprint density at radius 1 is 1.24 bits per heavy atom. The van der Waals surface area contributed by atoms with Crippen LogP contribution >= 0.6 is 22.7 Å². The van der Waals surface area contributed by atoms with Gasteiger partial charge in [-0.1, -0.05) is 24.3 Å². The topological polar surface area (TPSA) is 83.9 Å². The number of amides is 1. The summed E-state index contributed by atoms with van der Waals surface area (Å²) in [6.45, 7) is 7.39. The molecule has 1 saturated heterocycles. The van der Waals surface area contributed by atoms with Crippen molar-refractivity contribution in [3.05, 3.63) is 44.5 Å². The van der Waals surface area contributed by atoms with Gasteiger partial charge in [0.1, 0.15) is 15.7 Å². The molecule has 1 aliphatic heterocycles. The van der Waals surface area contributed by atoms with E-state index < -0.39 is 0 Å². The Kier molecular flexibility index (Phi) is 5.86. The van der Waals surface area contributed by atoms with Crippen LogP contribution in [0.3, 0.4) is 0 Å². The minimum absolute atomic E-state index is 0.0908. The van der Waals surface area contributed by atoms with Crippen LogP contribution in [0.25, 0.3) is 0 Å². The number of anilines is 2. The molecular weight excluding hydrogens is 404 g/mol. The highest BCUT2D eigenvalue weighted by Crippen LogP contribution is 2.29. The smallest absolute Gasteiger partial charge is 0.265 e. The number of nitrogens with zero attached hydrogens (tertiary/aromatic N) is 5. The SMILES string of the molecule is CCc1nnc(Nc2cccc([C@@H]3CCCN(C(=O)c4sc(C)nc4C)C3)n2)s1. The summed E-state index contributed by atoms with van der Waals surface area (Å²) >= 11 is 3.02. The fraction of sp³-hybridized carbons (Fsp3) is 0.450. The fourth-order valence-electron chi connectivity index (χ4n) is 3.58. The lowest BCUT2D eigenvalue weighted by Gasteiger charge is -2.32. The van der Waals surface area contributed by atoms with Gasteiger partial charge in [-0.2, -0.15) is 0 Å². The van der Waals surface area contributed by atoms with Crippen molar-refractivity contribution in [1.29, 1.82) is 0 Å². The van der Waals surface area contributed by atoms with Gasteiger partial charge in [0.2, 0.25) is 5.13 Å². The molecule has 0 spiro atoms. The van der Waals surface area contributed by atoms with Crippen LogP contribution in [0.1, 0.15) is 56.8 Å². The highest BCUT2D eigenvalue weighted by atomic mass is 32.1. The van der Waals surface area contributed by atoms with Crippen LogP contribution in [0, 0.1) is 13.8 Å². The standard InChI is InChI=1S/C20H24N6OS2/c1-4-17-24-25-20(29-17)23-16-9-5-8-15(22-16)14-7-6-10-26(11-14)19(27)18-12(2)21-13(3)28-18/h5,8-9,14H,4,6-7,10-11H2,1-3H3,(H,22,23,25)/t14-/m1/s1. The number of pyridine rings is 1. The lowest BCUT2D eigenvalue weighted by molar-refractivity contribution is 0.0710. The third-order valence-electron chi connectivity index (χ3n) is 5.00. The first-order valence-corrected chi connectivity index (χ1v) is 11.5. The second kappa shape index (κ2) is 8.54. The average Bonchev–Trinajstić information content (AvgIpc) is 3.33. The van der Waals surface area contributed by atoms with Crippen LogP contribution in [-0.2, 0) is 6.42 Å². The molecule has 9 heteroatoms. The van der Waals surface area contributed by atoms with Crippen LogP contribution < -0.4 is 5.32 Å². The van der Waals surface area contributed by atoms with Gasteiger partial charge in [0.15, 0.2) is 0 Å². The number of rotatable bonds is 5. The minimum atomic E-state index is 0.0908. The molecular formula is C20H24N6OS2. The molecule has 152 valence electrons. The van der Waals surface area contributed by atoms with Crippen LogP contribution in [-0.4, -0.2) is 44.1 Å². The van der Waals surface area contributed by atoms with E-state index in [1.807, 2.05) is 36.9 Å². The lowest BCUT2D eigenvalue weighted by Crippen LogP contribution is -2.39. The molecule has 0 aliphatic carbocycles. The van der Waals surface area contributed by atoms with E-state index in [2.05, 4.69) is 27.4 Å². The highest BCUT2D eigenvalue weighted by molar-refractivity contribution is 7.15. The Morgan fingerprint density at radius 3 is 2.83 bits per heavy atom. The molecule has 4 rings (SSSR count).